The first-order valence-corrected chi connectivity index (χ1v) is 5.99. The van der Waals surface area contributed by atoms with Crippen molar-refractivity contribution in [1.82, 2.24) is 20.2 Å². The standard InChI is InChI=1S/C12H16FN5O/c1-3-9(7-19-2)18-12(15-16-17-18)10-5-4-8(14)6-11(10)13/h4-6,9H,3,7,14H2,1-2H3. The van der Waals surface area contributed by atoms with E-state index in [1.54, 1.807) is 23.9 Å². The molecular weight excluding hydrogens is 249 g/mol. The molecule has 0 aliphatic carbocycles. The molecule has 0 fully saturated rings. The van der Waals surface area contributed by atoms with Crippen LogP contribution in [0.1, 0.15) is 19.4 Å². The third-order valence-corrected chi connectivity index (χ3v) is 2.90. The summed E-state index contributed by atoms with van der Waals surface area (Å²) in [5.41, 5.74) is 6.23. The summed E-state index contributed by atoms with van der Waals surface area (Å²) in [6, 6.07) is 4.42. The third kappa shape index (κ3) is 2.70. The van der Waals surface area contributed by atoms with Crippen molar-refractivity contribution >= 4 is 5.69 Å². The number of hydrogen-bond acceptors (Lipinski definition) is 5. The van der Waals surface area contributed by atoms with E-state index in [-0.39, 0.29) is 6.04 Å². The van der Waals surface area contributed by atoms with Crippen molar-refractivity contribution in [1.29, 1.82) is 0 Å². The summed E-state index contributed by atoms with van der Waals surface area (Å²) in [6.07, 6.45) is 0.780. The van der Waals surface area contributed by atoms with Crippen LogP contribution in [0.5, 0.6) is 0 Å². The van der Waals surface area contributed by atoms with Gasteiger partial charge in [-0.05, 0) is 35.0 Å². The highest BCUT2D eigenvalue weighted by atomic mass is 19.1. The van der Waals surface area contributed by atoms with E-state index in [1.165, 1.54) is 6.07 Å². The number of methoxy groups -OCH3 is 1. The van der Waals surface area contributed by atoms with Crippen molar-refractivity contribution in [3.05, 3.63) is 24.0 Å². The van der Waals surface area contributed by atoms with Gasteiger partial charge in [0, 0.05) is 12.8 Å². The van der Waals surface area contributed by atoms with Crippen LogP contribution < -0.4 is 5.73 Å². The van der Waals surface area contributed by atoms with Gasteiger partial charge in [-0.2, -0.15) is 0 Å². The number of aromatic nitrogens is 4. The molecule has 7 heteroatoms. The Hall–Kier alpha value is -2.02. The van der Waals surface area contributed by atoms with E-state index in [0.29, 0.717) is 23.7 Å². The maximum Gasteiger partial charge on any atom is 0.185 e. The summed E-state index contributed by atoms with van der Waals surface area (Å²) < 4.78 is 20.6. The Labute approximate surface area is 110 Å². The molecule has 0 radical (unpaired) electrons. The van der Waals surface area contributed by atoms with E-state index < -0.39 is 5.82 Å². The SMILES string of the molecule is CCC(COC)n1nnnc1-c1ccc(N)cc1F. The molecule has 2 N–H and O–H groups in total. The number of benzene rings is 1. The molecule has 102 valence electrons. The molecule has 1 aromatic carbocycles. The van der Waals surface area contributed by atoms with Gasteiger partial charge in [-0.1, -0.05) is 6.92 Å². The van der Waals surface area contributed by atoms with E-state index in [4.69, 9.17) is 10.5 Å². The fourth-order valence-corrected chi connectivity index (χ4v) is 1.88. The lowest BCUT2D eigenvalue weighted by Crippen LogP contribution is -2.17. The lowest BCUT2D eigenvalue weighted by molar-refractivity contribution is 0.147. The van der Waals surface area contributed by atoms with Gasteiger partial charge in [-0.3, -0.25) is 0 Å². The van der Waals surface area contributed by atoms with Crippen LogP contribution >= 0.6 is 0 Å². The fourth-order valence-electron chi connectivity index (χ4n) is 1.88. The van der Waals surface area contributed by atoms with Crippen LogP contribution in [0.2, 0.25) is 0 Å². The number of anilines is 1. The number of rotatable bonds is 5. The maximum absolute atomic E-state index is 13.9. The molecule has 2 rings (SSSR count). The lowest BCUT2D eigenvalue weighted by Gasteiger charge is -2.15. The van der Waals surface area contributed by atoms with Gasteiger partial charge in [0.15, 0.2) is 5.82 Å². The second kappa shape index (κ2) is 5.75. The van der Waals surface area contributed by atoms with Crippen LogP contribution in [0.25, 0.3) is 11.4 Å². The van der Waals surface area contributed by atoms with Gasteiger partial charge in [-0.15, -0.1) is 5.10 Å². The largest absolute Gasteiger partial charge is 0.399 e. The number of nitrogens with two attached hydrogens (primary N) is 1. The summed E-state index contributed by atoms with van der Waals surface area (Å²) in [7, 11) is 1.61. The van der Waals surface area contributed by atoms with Crippen LogP contribution in [0, 0.1) is 5.82 Å². The third-order valence-electron chi connectivity index (χ3n) is 2.90. The first-order valence-electron chi connectivity index (χ1n) is 5.99. The van der Waals surface area contributed by atoms with Crippen molar-refractivity contribution in [3.63, 3.8) is 0 Å². The highest BCUT2D eigenvalue weighted by Gasteiger charge is 2.19. The summed E-state index contributed by atoms with van der Waals surface area (Å²) in [4.78, 5) is 0. The van der Waals surface area contributed by atoms with Crippen LogP contribution in [-0.2, 0) is 4.74 Å². The molecule has 6 nitrogen and oxygen atoms in total. The van der Waals surface area contributed by atoms with Crippen molar-refractivity contribution in [2.45, 2.75) is 19.4 Å². The van der Waals surface area contributed by atoms with Gasteiger partial charge in [0.1, 0.15) is 5.82 Å². The topological polar surface area (TPSA) is 78.8 Å². The minimum Gasteiger partial charge on any atom is -0.399 e. The highest BCUT2D eigenvalue weighted by molar-refractivity contribution is 5.59. The minimum absolute atomic E-state index is 0.0352. The minimum atomic E-state index is -0.441. The van der Waals surface area contributed by atoms with Gasteiger partial charge in [-0.25, -0.2) is 9.07 Å². The van der Waals surface area contributed by atoms with Crippen LogP contribution in [0.15, 0.2) is 18.2 Å². The first-order chi connectivity index (χ1) is 9.17. The fraction of sp³-hybridized carbons (Fsp3) is 0.417. The first kappa shape index (κ1) is 13.4. The normalized spacial score (nSPS) is 12.6. The molecule has 1 aromatic heterocycles. The average molecular weight is 265 g/mol. The summed E-state index contributed by atoms with van der Waals surface area (Å²) >= 11 is 0. The van der Waals surface area contributed by atoms with Crippen molar-refractivity contribution in [2.75, 3.05) is 19.5 Å². The van der Waals surface area contributed by atoms with Crippen LogP contribution in [-0.4, -0.2) is 33.9 Å². The van der Waals surface area contributed by atoms with Gasteiger partial charge < -0.3 is 10.5 Å². The Morgan fingerprint density at radius 3 is 2.89 bits per heavy atom. The molecular formula is C12H16FN5O. The summed E-state index contributed by atoms with van der Waals surface area (Å²) in [6.45, 7) is 2.46. The smallest absolute Gasteiger partial charge is 0.185 e. The highest BCUT2D eigenvalue weighted by Crippen LogP contribution is 2.25. The van der Waals surface area contributed by atoms with Gasteiger partial charge in [0.05, 0.1) is 18.2 Å². The molecule has 0 aliphatic heterocycles. The number of nitrogens with zero attached hydrogens (tertiary/aromatic N) is 4. The van der Waals surface area contributed by atoms with Gasteiger partial charge in [0.25, 0.3) is 0 Å². The zero-order chi connectivity index (χ0) is 13.8. The lowest BCUT2D eigenvalue weighted by atomic mass is 10.1. The molecule has 1 heterocycles. The van der Waals surface area contributed by atoms with Crippen LogP contribution in [0.4, 0.5) is 10.1 Å². The predicted molar refractivity (Wildman–Crippen MR) is 68.8 cm³/mol. The van der Waals surface area contributed by atoms with Crippen LogP contribution in [0.3, 0.4) is 0 Å². The number of hydrogen-bond donors (Lipinski definition) is 1. The Morgan fingerprint density at radius 1 is 1.47 bits per heavy atom. The van der Waals surface area contributed by atoms with E-state index in [2.05, 4.69) is 15.5 Å². The Bertz CT molecular complexity index is 557. The molecule has 0 bridgehead atoms. The maximum atomic E-state index is 13.9. The molecule has 0 amide bonds. The van der Waals surface area contributed by atoms with E-state index in [0.717, 1.165) is 6.42 Å². The number of tetrazole rings is 1. The zero-order valence-electron chi connectivity index (χ0n) is 10.9. The number of ether oxygens (including phenoxy) is 1. The molecule has 1 atom stereocenters. The van der Waals surface area contributed by atoms with Gasteiger partial charge in [0.2, 0.25) is 0 Å². The Kier molecular flexibility index (Phi) is 4.06. The molecule has 1 unspecified atom stereocenters. The number of halogens is 1. The van der Waals surface area contributed by atoms with Crippen molar-refractivity contribution in [3.8, 4) is 11.4 Å². The molecule has 0 saturated heterocycles. The second-order valence-corrected chi connectivity index (χ2v) is 4.20. The van der Waals surface area contributed by atoms with E-state index >= 15 is 0 Å². The summed E-state index contributed by atoms with van der Waals surface area (Å²) in [5.74, 6) is -0.0651. The predicted octanol–water partition coefficient (Wildman–Crippen LogP) is 1.66. The van der Waals surface area contributed by atoms with Crippen molar-refractivity contribution < 1.29 is 9.13 Å². The Balaban J connectivity index is 2.43. The van der Waals surface area contributed by atoms with E-state index in [1.807, 2.05) is 6.92 Å². The summed E-state index contributed by atoms with van der Waals surface area (Å²) in [5, 5.41) is 11.4. The zero-order valence-corrected chi connectivity index (χ0v) is 10.9. The van der Waals surface area contributed by atoms with Gasteiger partial charge >= 0.3 is 0 Å². The second-order valence-electron chi connectivity index (χ2n) is 4.20. The van der Waals surface area contributed by atoms with Crippen molar-refractivity contribution in [2.24, 2.45) is 0 Å². The Morgan fingerprint density at radius 2 is 2.26 bits per heavy atom. The molecule has 0 aliphatic rings. The molecule has 0 spiro atoms. The quantitative estimate of drug-likeness (QED) is 0.832. The number of nitrogen functional groups attached to an aromatic ring is 1. The van der Waals surface area contributed by atoms with E-state index in [9.17, 15) is 4.39 Å². The molecule has 0 saturated carbocycles. The average Bonchev–Trinajstić information content (AvgIpc) is 2.85. The molecule has 2 aromatic rings. The monoisotopic (exact) mass is 265 g/mol. The molecule has 19 heavy (non-hydrogen) atoms.